The molecule has 1 unspecified atom stereocenters. The molecule has 2 aromatic heterocycles. The minimum Gasteiger partial charge on any atom is -0.394 e. The van der Waals surface area contributed by atoms with Gasteiger partial charge in [0.25, 0.3) is 0 Å². The molecule has 5 heteroatoms. The van der Waals surface area contributed by atoms with Crippen molar-refractivity contribution in [3.05, 3.63) is 41.0 Å². The fourth-order valence-electron chi connectivity index (χ4n) is 2.58. The average molecular weight is 327 g/mol. The Balaban J connectivity index is 2.12. The molecule has 0 aliphatic rings. The zero-order valence-corrected chi connectivity index (χ0v) is 14.4. The van der Waals surface area contributed by atoms with Crippen molar-refractivity contribution >= 4 is 27.4 Å². The number of nitrogens with zero attached hydrogens (tertiary/aromatic N) is 2. The Hall–Kier alpha value is -1.98. The molecule has 3 aromatic rings. The summed E-state index contributed by atoms with van der Waals surface area (Å²) in [5.41, 5.74) is 4.88. The summed E-state index contributed by atoms with van der Waals surface area (Å²) in [7, 11) is 0. The molecule has 1 aromatic carbocycles. The normalized spacial score (nSPS) is 12.5. The van der Waals surface area contributed by atoms with Crippen molar-refractivity contribution in [2.75, 3.05) is 11.9 Å². The molecule has 0 saturated heterocycles. The number of aliphatic hydroxyl groups excluding tert-OH is 1. The van der Waals surface area contributed by atoms with Gasteiger partial charge >= 0.3 is 0 Å². The minimum absolute atomic E-state index is 0.000559. The molecule has 0 fully saturated rings. The fourth-order valence-corrected chi connectivity index (χ4v) is 3.49. The predicted octanol–water partition coefficient (Wildman–Crippen LogP) is 4.16. The first-order chi connectivity index (χ1) is 11.1. The molecule has 23 heavy (non-hydrogen) atoms. The van der Waals surface area contributed by atoms with Crippen LogP contribution in [-0.4, -0.2) is 27.7 Å². The molecular formula is C18H21N3OS. The molecule has 3 rings (SSSR count). The lowest BCUT2D eigenvalue weighted by Gasteiger charge is -2.16. The molecule has 0 spiro atoms. The van der Waals surface area contributed by atoms with Gasteiger partial charge in [0.2, 0.25) is 0 Å². The monoisotopic (exact) mass is 327 g/mol. The molecule has 0 saturated carbocycles. The van der Waals surface area contributed by atoms with Crippen molar-refractivity contribution in [1.29, 1.82) is 0 Å². The molecule has 1 atom stereocenters. The SMILES string of the molecule is CCC(CO)Nc1ncnc2scc(-c3ccc(C)c(C)c3)c12. The van der Waals surface area contributed by atoms with Crippen molar-refractivity contribution in [1.82, 2.24) is 9.97 Å². The number of rotatable bonds is 5. The second-order valence-corrected chi connectivity index (χ2v) is 6.64. The number of hydrogen-bond acceptors (Lipinski definition) is 5. The standard InChI is InChI=1S/C18H21N3OS/c1-4-14(8-22)21-17-16-15(9-23-18(16)20-10-19-17)13-6-5-11(2)12(3)7-13/h5-7,9-10,14,22H,4,8H2,1-3H3,(H,19,20,21). The number of aryl methyl sites for hydroxylation is 2. The van der Waals surface area contributed by atoms with Crippen LogP contribution in [0.5, 0.6) is 0 Å². The van der Waals surface area contributed by atoms with Crippen LogP contribution in [0.15, 0.2) is 29.9 Å². The Morgan fingerprint density at radius 1 is 1.22 bits per heavy atom. The highest BCUT2D eigenvalue weighted by Gasteiger charge is 2.15. The van der Waals surface area contributed by atoms with Gasteiger partial charge in [-0.05, 0) is 37.0 Å². The second kappa shape index (κ2) is 6.64. The van der Waals surface area contributed by atoms with Gasteiger partial charge in [0, 0.05) is 10.9 Å². The van der Waals surface area contributed by atoms with E-state index >= 15 is 0 Å². The third-order valence-corrected chi connectivity index (χ3v) is 5.13. The summed E-state index contributed by atoms with van der Waals surface area (Å²) in [6.07, 6.45) is 2.42. The van der Waals surface area contributed by atoms with Crippen LogP contribution >= 0.6 is 11.3 Å². The Labute approximate surface area is 140 Å². The summed E-state index contributed by atoms with van der Waals surface area (Å²) in [5, 5.41) is 16.0. The fraction of sp³-hybridized carbons (Fsp3) is 0.333. The maximum Gasteiger partial charge on any atom is 0.139 e. The minimum atomic E-state index is 0.000559. The van der Waals surface area contributed by atoms with E-state index in [0.29, 0.717) is 0 Å². The summed E-state index contributed by atoms with van der Waals surface area (Å²) in [4.78, 5) is 9.77. The first kappa shape index (κ1) is 15.9. The van der Waals surface area contributed by atoms with Gasteiger partial charge in [-0.25, -0.2) is 9.97 Å². The topological polar surface area (TPSA) is 58.0 Å². The van der Waals surface area contributed by atoms with Crippen LogP contribution < -0.4 is 5.32 Å². The van der Waals surface area contributed by atoms with E-state index in [4.69, 9.17) is 0 Å². The van der Waals surface area contributed by atoms with Gasteiger partial charge in [0.15, 0.2) is 0 Å². The van der Waals surface area contributed by atoms with E-state index in [0.717, 1.165) is 28.0 Å². The van der Waals surface area contributed by atoms with E-state index in [1.54, 1.807) is 17.7 Å². The lowest BCUT2D eigenvalue weighted by Crippen LogP contribution is -2.23. The number of hydrogen-bond donors (Lipinski definition) is 2. The molecular weight excluding hydrogens is 306 g/mol. The van der Waals surface area contributed by atoms with Crippen LogP contribution in [0.25, 0.3) is 21.3 Å². The highest BCUT2D eigenvalue weighted by Crippen LogP contribution is 2.37. The smallest absolute Gasteiger partial charge is 0.139 e. The van der Waals surface area contributed by atoms with Crippen molar-refractivity contribution in [3.8, 4) is 11.1 Å². The van der Waals surface area contributed by atoms with Crippen LogP contribution in [-0.2, 0) is 0 Å². The molecule has 0 radical (unpaired) electrons. The van der Waals surface area contributed by atoms with Crippen LogP contribution in [0.3, 0.4) is 0 Å². The molecule has 0 aliphatic carbocycles. The van der Waals surface area contributed by atoms with E-state index in [9.17, 15) is 5.11 Å². The van der Waals surface area contributed by atoms with Crippen LogP contribution in [0.2, 0.25) is 0 Å². The first-order valence-corrected chi connectivity index (χ1v) is 8.69. The van der Waals surface area contributed by atoms with Gasteiger partial charge in [-0.1, -0.05) is 25.1 Å². The molecule has 0 aliphatic heterocycles. The van der Waals surface area contributed by atoms with Crippen molar-refractivity contribution < 1.29 is 5.11 Å². The maximum atomic E-state index is 9.46. The summed E-state index contributed by atoms with van der Waals surface area (Å²) < 4.78 is 0. The molecule has 4 nitrogen and oxygen atoms in total. The maximum absolute atomic E-state index is 9.46. The van der Waals surface area contributed by atoms with E-state index < -0.39 is 0 Å². The number of aliphatic hydroxyl groups is 1. The Morgan fingerprint density at radius 2 is 2.04 bits per heavy atom. The number of thiophene rings is 1. The van der Waals surface area contributed by atoms with Crippen molar-refractivity contribution in [2.24, 2.45) is 0 Å². The summed E-state index contributed by atoms with van der Waals surface area (Å²) in [6, 6.07) is 6.50. The van der Waals surface area contributed by atoms with E-state index in [2.05, 4.69) is 52.7 Å². The number of aromatic nitrogens is 2. The van der Waals surface area contributed by atoms with E-state index in [-0.39, 0.29) is 12.6 Å². The van der Waals surface area contributed by atoms with E-state index in [1.807, 2.05) is 6.92 Å². The highest BCUT2D eigenvalue weighted by molar-refractivity contribution is 7.17. The summed E-state index contributed by atoms with van der Waals surface area (Å²) in [6.45, 7) is 6.38. The number of anilines is 1. The van der Waals surface area contributed by atoms with Gasteiger partial charge in [0.05, 0.1) is 18.0 Å². The zero-order chi connectivity index (χ0) is 16.4. The van der Waals surface area contributed by atoms with Gasteiger partial charge in [-0.2, -0.15) is 0 Å². The summed E-state index contributed by atoms with van der Waals surface area (Å²) >= 11 is 1.62. The Morgan fingerprint density at radius 3 is 2.74 bits per heavy atom. The second-order valence-electron chi connectivity index (χ2n) is 5.78. The Kier molecular flexibility index (Phi) is 4.59. The Bertz CT molecular complexity index is 824. The van der Waals surface area contributed by atoms with Gasteiger partial charge < -0.3 is 10.4 Å². The zero-order valence-electron chi connectivity index (χ0n) is 13.6. The molecule has 120 valence electrons. The third-order valence-electron chi connectivity index (χ3n) is 4.24. The third kappa shape index (κ3) is 3.07. The van der Waals surface area contributed by atoms with Crippen LogP contribution in [0, 0.1) is 13.8 Å². The molecule has 0 bridgehead atoms. The lowest BCUT2D eigenvalue weighted by atomic mass is 10.0. The van der Waals surface area contributed by atoms with Crippen molar-refractivity contribution in [2.45, 2.75) is 33.2 Å². The lowest BCUT2D eigenvalue weighted by molar-refractivity contribution is 0.271. The van der Waals surface area contributed by atoms with E-state index in [1.165, 1.54) is 16.7 Å². The quantitative estimate of drug-likeness (QED) is 0.739. The number of nitrogens with one attached hydrogen (secondary N) is 1. The average Bonchev–Trinajstić information content (AvgIpc) is 3.00. The predicted molar refractivity (Wildman–Crippen MR) is 97.1 cm³/mol. The first-order valence-electron chi connectivity index (χ1n) is 7.81. The molecule has 2 N–H and O–H groups in total. The van der Waals surface area contributed by atoms with Gasteiger partial charge in [-0.3, -0.25) is 0 Å². The largest absolute Gasteiger partial charge is 0.394 e. The summed E-state index contributed by atoms with van der Waals surface area (Å²) in [5.74, 6) is 0.797. The van der Waals surface area contributed by atoms with Gasteiger partial charge in [0.1, 0.15) is 17.0 Å². The molecule has 2 heterocycles. The van der Waals surface area contributed by atoms with Crippen LogP contribution in [0.1, 0.15) is 24.5 Å². The number of fused-ring (bicyclic) bond motifs is 1. The van der Waals surface area contributed by atoms with Gasteiger partial charge in [-0.15, -0.1) is 11.3 Å². The molecule has 0 amide bonds. The van der Waals surface area contributed by atoms with Crippen LogP contribution in [0.4, 0.5) is 5.82 Å². The highest BCUT2D eigenvalue weighted by atomic mass is 32.1. The number of benzene rings is 1. The van der Waals surface area contributed by atoms with Crippen molar-refractivity contribution in [3.63, 3.8) is 0 Å².